The van der Waals surface area contributed by atoms with Crippen LogP contribution in [0.15, 0.2) is 34.2 Å². The minimum Gasteiger partial charge on any atom is -0.378 e. The SMILES string of the molecule is CCNC(=NCCC1CCCO1)NCCc1ccc(S(C)(=O)=O)cc1.I. The number of hydrogen-bond donors (Lipinski definition) is 2. The number of sulfone groups is 1. The fraction of sp³-hybridized carbons (Fsp3) is 0.611. The smallest absolute Gasteiger partial charge is 0.191 e. The molecule has 1 aliphatic heterocycles. The number of aliphatic imine (C=N–C) groups is 1. The molecule has 0 aromatic heterocycles. The molecular weight excluding hydrogens is 465 g/mol. The third-order valence-electron chi connectivity index (χ3n) is 4.15. The Morgan fingerprint density at radius 2 is 2.00 bits per heavy atom. The quantitative estimate of drug-likeness (QED) is 0.329. The Bertz CT molecular complexity index is 657. The maximum atomic E-state index is 11.5. The molecule has 0 spiro atoms. The Morgan fingerprint density at radius 1 is 1.27 bits per heavy atom. The summed E-state index contributed by atoms with van der Waals surface area (Å²) in [5.74, 6) is 0.813. The number of rotatable bonds is 8. The summed E-state index contributed by atoms with van der Waals surface area (Å²) >= 11 is 0. The topological polar surface area (TPSA) is 79.8 Å². The minimum absolute atomic E-state index is 0. The van der Waals surface area contributed by atoms with Crippen LogP contribution in [0.2, 0.25) is 0 Å². The van der Waals surface area contributed by atoms with Crippen molar-refractivity contribution < 1.29 is 13.2 Å². The Balaban J connectivity index is 0.00000338. The van der Waals surface area contributed by atoms with E-state index in [4.69, 9.17) is 4.74 Å². The molecule has 1 fully saturated rings. The van der Waals surface area contributed by atoms with Gasteiger partial charge in [0.25, 0.3) is 0 Å². The largest absolute Gasteiger partial charge is 0.378 e. The van der Waals surface area contributed by atoms with Crippen LogP contribution in [0.4, 0.5) is 0 Å². The first kappa shape index (κ1) is 23.2. The van der Waals surface area contributed by atoms with E-state index in [2.05, 4.69) is 15.6 Å². The van der Waals surface area contributed by atoms with Gasteiger partial charge in [-0.2, -0.15) is 0 Å². The normalized spacial score (nSPS) is 17.6. The van der Waals surface area contributed by atoms with E-state index in [1.807, 2.05) is 19.1 Å². The van der Waals surface area contributed by atoms with E-state index in [1.54, 1.807) is 12.1 Å². The molecule has 0 saturated carbocycles. The average molecular weight is 495 g/mol. The van der Waals surface area contributed by atoms with Crippen LogP contribution in [0, 0.1) is 0 Å². The second kappa shape index (κ2) is 11.8. The van der Waals surface area contributed by atoms with Crippen LogP contribution in [0.25, 0.3) is 0 Å². The summed E-state index contributed by atoms with van der Waals surface area (Å²) < 4.78 is 28.6. The lowest BCUT2D eigenvalue weighted by Gasteiger charge is -2.12. The van der Waals surface area contributed by atoms with Crippen molar-refractivity contribution in [2.45, 2.75) is 43.6 Å². The van der Waals surface area contributed by atoms with Crippen molar-refractivity contribution in [1.82, 2.24) is 10.6 Å². The van der Waals surface area contributed by atoms with Crippen LogP contribution >= 0.6 is 24.0 Å². The summed E-state index contributed by atoms with van der Waals surface area (Å²) in [5.41, 5.74) is 1.09. The second-order valence-electron chi connectivity index (χ2n) is 6.28. The van der Waals surface area contributed by atoms with Crippen LogP contribution in [0.5, 0.6) is 0 Å². The molecule has 1 aromatic rings. The number of benzene rings is 1. The first-order valence-corrected chi connectivity index (χ1v) is 10.8. The van der Waals surface area contributed by atoms with Gasteiger partial charge in [0.2, 0.25) is 0 Å². The predicted octanol–water partition coefficient (Wildman–Crippen LogP) is 2.37. The van der Waals surface area contributed by atoms with E-state index in [-0.39, 0.29) is 24.0 Å². The van der Waals surface area contributed by atoms with Crippen LogP contribution in [-0.2, 0) is 21.0 Å². The molecular formula is C18H30IN3O3S. The first-order chi connectivity index (χ1) is 12.0. The van der Waals surface area contributed by atoms with E-state index in [1.165, 1.54) is 6.26 Å². The van der Waals surface area contributed by atoms with Crippen molar-refractivity contribution >= 4 is 39.8 Å². The lowest BCUT2D eigenvalue weighted by Crippen LogP contribution is -2.38. The zero-order valence-corrected chi connectivity index (χ0v) is 18.7. The van der Waals surface area contributed by atoms with Crippen LogP contribution < -0.4 is 10.6 Å². The van der Waals surface area contributed by atoms with Gasteiger partial charge in [-0.25, -0.2) is 8.42 Å². The third kappa shape index (κ3) is 8.22. The standard InChI is InChI=1S/C18H29N3O3S.HI/c1-3-19-18(21-13-11-16-5-4-14-24-16)20-12-10-15-6-8-17(9-7-15)25(2,22)23;/h6-9,16H,3-5,10-14H2,1-2H3,(H2,19,20,21);1H. The summed E-state index contributed by atoms with van der Waals surface area (Å²) in [4.78, 5) is 4.94. The molecule has 8 heteroatoms. The molecule has 6 nitrogen and oxygen atoms in total. The van der Waals surface area contributed by atoms with E-state index in [0.29, 0.717) is 11.0 Å². The predicted molar refractivity (Wildman–Crippen MR) is 116 cm³/mol. The van der Waals surface area contributed by atoms with Gasteiger partial charge in [-0.3, -0.25) is 4.99 Å². The highest BCUT2D eigenvalue weighted by Crippen LogP contribution is 2.15. The monoisotopic (exact) mass is 495 g/mol. The first-order valence-electron chi connectivity index (χ1n) is 8.92. The third-order valence-corrected chi connectivity index (χ3v) is 5.28. The van der Waals surface area contributed by atoms with Gasteiger partial charge < -0.3 is 15.4 Å². The molecule has 0 amide bonds. The highest BCUT2D eigenvalue weighted by atomic mass is 127. The van der Waals surface area contributed by atoms with Gasteiger partial charge in [0.15, 0.2) is 15.8 Å². The molecule has 1 saturated heterocycles. The van der Waals surface area contributed by atoms with E-state index >= 15 is 0 Å². The van der Waals surface area contributed by atoms with Crippen molar-refractivity contribution in [3.8, 4) is 0 Å². The maximum Gasteiger partial charge on any atom is 0.191 e. The van der Waals surface area contributed by atoms with Crippen LogP contribution in [-0.4, -0.2) is 53.0 Å². The summed E-state index contributed by atoms with van der Waals surface area (Å²) in [5, 5.41) is 6.56. The van der Waals surface area contributed by atoms with Gasteiger partial charge in [-0.1, -0.05) is 12.1 Å². The van der Waals surface area contributed by atoms with Gasteiger partial charge in [0.05, 0.1) is 11.0 Å². The Hall–Kier alpha value is -0.870. The van der Waals surface area contributed by atoms with Gasteiger partial charge in [0, 0.05) is 32.5 Å². The summed E-state index contributed by atoms with van der Waals surface area (Å²) in [6.07, 6.45) is 5.65. The van der Waals surface area contributed by atoms with E-state index in [0.717, 1.165) is 63.4 Å². The molecule has 26 heavy (non-hydrogen) atoms. The highest BCUT2D eigenvalue weighted by Gasteiger charge is 2.14. The number of ether oxygens (including phenoxy) is 1. The Labute approximate surface area is 174 Å². The van der Waals surface area contributed by atoms with Crippen LogP contribution in [0.3, 0.4) is 0 Å². The molecule has 1 aliphatic rings. The maximum absolute atomic E-state index is 11.5. The number of hydrogen-bond acceptors (Lipinski definition) is 4. The molecule has 148 valence electrons. The fourth-order valence-electron chi connectivity index (χ4n) is 2.76. The minimum atomic E-state index is -3.13. The lowest BCUT2D eigenvalue weighted by molar-refractivity contribution is 0.106. The molecule has 2 N–H and O–H groups in total. The average Bonchev–Trinajstić information content (AvgIpc) is 3.08. The van der Waals surface area contributed by atoms with Gasteiger partial charge in [-0.15, -0.1) is 24.0 Å². The number of guanidine groups is 1. The Kier molecular flexibility index (Phi) is 10.5. The molecule has 1 unspecified atom stereocenters. The zero-order chi connectivity index (χ0) is 18.1. The van der Waals surface area contributed by atoms with Crippen molar-refractivity contribution in [2.24, 2.45) is 4.99 Å². The van der Waals surface area contributed by atoms with Crippen molar-refractivity contribution in [3.63, 3.8) is 0 Å². The highest BCUT2D eigenvalue weighted by molar-refractivity contribution is 14.0. The van der Waals surface area contributed by atoms with Crippen molar-refractivity contribution in [2.75, 3.05) is 32.5 Å². The van der Waals surface area contributed by atoms with E-state index in [9.17, 15) is 8.42 Å². The number of halogens is 1. The summed E-state index contributed by atoms with van der Waals surface area (Å²) in [6, 6.07) is 7.04. The van der Waals surface area contributed by atoms with Crippen molar-refractivity contribution in [3.05, 3.63) is 29.8 Å². The molecule has 0 bridgehead atoms. The lowest BCUT2D eigenvalue weighted by atomic mass is 10.1. The number of nitrogens with one attached hydrogen (secondary N) is 2. The zero-order valence-electron chi connectivity index (χ0n) is 15.5. The fourth-order valence-corrected chi connectivity index (χ4v) is 3.39. The second-order valence-corrected chi connectivity index (χ2v) is 8.29. The van der Waals surface area contributed by atoms with Gasteiger partial charge in [0.1, 0.15) is 0 Å². The molecule has 2 rings (SSSR count). The molecule has 0 radical (unpaired) electrons. The molecule has 1 atom stereocenters. The molecule has 1 heterocycles. The summed E-state index contributed by atoms with van der Waals surface area (Å²) in [6.45, 7) is 5.23. The van der Waals surface area contributed by atoms with E-state index < -0.39 is 9.84 Å². The van der Waals surface area contributed by atoms with Gasteiger partial charge >= 0.3 is 0 Å². The van der Waals surface area contributed by atoms with Crippen molar-refractivity contribution in [1.29, 1.82) is 0 Å². The summed E-state index contributed by atoms with van der Waals surface area (Å²) in [7, 11) is -3.13. The molecule has 0 aliphatic carbocycles. The Morgan fingerprint density at radius 3 is 2.58 bits per heavy atom. The van der Waals surface area contributed by atoms with Gasteiger partial charge in [-0.05, 0) is 50.3 Å². The molecule has 1 aromatic carbocycles. The number of nitrogens with zero attached hydrogens (tertiary/aromatic N) is 1. The van der Waals surface area contributed by atoms with Crippen LogP contribution in [0.1, 0.15) is 31.7 Å².